The molecule has 0 spiro atoms. The van der Waals surface area contributed by atoms with Crippen LogP contribution in [0.4, 0.5) is 0 Å². The monoisotopic (exact) mass is 672 g/mol. The zero-order valence-electron chi connectivity index (χ0n) is 22.1. The number of aromatic nitrogens is 1. The minimum absolute atomic E-state index is 0.199. The number of benzene rings is 3. The van der Waals surface area contributed by atoms with Crippen LogP contribution in [0.3, 0.4) is 0 Å². The molecule has 11 heteroatoms. The van der Waals surface area contributed by atoms with Gasteiger partial charge in [-0.25, -0.2) is 9.79 Å². The van der Waals surface area contributed by atoms with Crippen molar-refractivity contribution in [3.63, 3.8) is 0 Å². The molecule has 0 N–H and O–H groups in total. The Kier molecular flexibility index (Phi) is 8.70. The quantitative estimate of drug-likeness (QED) is 0.223. The van der Waals surface area contributed by atoms with Crippen LogP contribution >= 0.6 is 50.5 Å². The van der Waals surface area contributed by atoms with Crippen LogP contribution in [-0.2, 0) is 16.1 Å². The molecule has 1 aliphatic rings. The molecule has 41 heavy (non-hydrogen) atoms. The second-order valence-electron chi connectivity index (χ2n) is 9.04. The molecule has 0 fully saturated rings. The van der Waals surface area contributed by atoms with Crippen LogP contribution in [0.1, 0.15) is 29.7 Å². The Morgan fingerprint density at radius 1 is 1.12 bits per heavy atom. The summed E-state index contributed by atoms with van der Waals surface area (Å²) in [6, 6.07) is 17.5. The number of hydrogen-bond acceptors (Lipinski definition) is 7. The standard InChI is InChI=1S/C30H23BrCl2N2O5S/c1-16-25(29(37)39-3)26(18-7-5-4-6-8-18)35-28(36)24(41-30(35)34-16)13-17-11-21(31)27(23(12-17)38-2)40-15-19-9-10-20(32)14-22(19)33/h4-14,26H,15H2,1-3H3/b24-13-/t26-/m1/s1. The SMILES string of the molecule is COC(=O)C1=C(C)N=c2s/c(=C\c3cc(Br)c(OCc4ccc(Cl)cc4Cl)c(OC)c3)c(=O)n2[C@@H]1c1ccccc1. The third-order valence-electron chi connectivity index (χ3n) is 6.48. The number of allylic oxidation sites excluding steroid dienone is 1. The Hall–Kier alpha value is -3.37. The minimum Gasteiger partial charge on any atom is -0.493 e. The van der Waals surface area contributed by atoms with E-state index in [4.69, 9.17) is 37.4 Å². The number of methoxy groups -OCH3 is 2. The predicted molar refractivity (Wildman–Crippen MR) is 164 cm³/mol. The Balaban J connectivity index is 1.56. The van der Waals surface area contributed by atoms with Gasteiger partial charge in [0.1, 0.15) is 6.61 Å². The number of carbonyl (C=O) groups excluding carboxylic acids is 1. The van der Waals surface area contributed by atoms with Crippen LogP contribution in [0.5, 0.6) is 11.5 Å². The fourth-order valence-corrected chi connectivity index (χ4v) is 6.63. The first-order valence-corrected chi connectivity index (χ1v) is 14.7. The van der Waals surface area contributed by atoms with Crippen LogP contribution in [0.25, 0.3) is 6.08 Å². The number of rotatable bonds is 7. The lowest BCUT2D eigenvalue weighted by Crippen LogP contribution is -2.39. The molecule has 1 aliphatic heterocycles. The molecule has 2 heterocycles. The van der Waals surface area contributed by atoms with Crippen molar-refractivity contribution in [1.82, 2.24) is 4.57 Å². The summed E-state index contributed by atoms with van der Waals surface area (Å²) in [4.78, 5) is 31.7. The normalized spacial score (nSPS) is 14.9. The van der Waals surface area contributed by atoms with Crippen molar-refractivity contribution in [3.8, 4) is 11.5 Å². The number of ether oxygens (including phenoxy) is 3. The van der Waals surface area contributed by atoms with Crippen LogP contribution < -0.4 is 24.4 Å². The van der Waals surface area contributed by atoms with E-state index in [-0.39, 0.29) is 12.2 Å². The van der Waals surface area contributed by atoms with E-state index in [0.29, 0.717) is 52.2 Å². The summed E-state index contributed by atoms with van der Waals surface area (Å²) in [5.41, 5.74) is 2.81. The van der Waals surface area contributed by atoms with Crippen molar-refractivity contribution in [2.75, 3.05) is 14.2 Å². The zero-order chi connectivity index (χ0) is 29.3. The summed E-state index contributed by atoms with van der Waals surface area (Å²) in [5.74, 6) is 0.424. The van der Waals surface area contributed by atoms with E-state index in [2.05, 4.69) is 20.9 Å². The lowest BCUT2D eigenvalue weighted by Gasteiger charge is -2.24. The minimum atomic E-state index is -0.668. The predicted octanol–water partition coefficient (Wildman–Crippen LogP) is 6.07. The van der Waals surface area contributed by atoms with Crippen molar-refractivity contribution in [1.29, 1.82) is 0 Å². The molecule has 0 saturated heterocycles. The van der Waals surface area contributed by atoms with E-state index in [1.807, 2.05) is 36.4 Å². The van der Waals surface area contributed by atoms with Gasteiger partial charge in [-0.05, 0) is 64.3 Å². The van der Waals surface area contributed by atoms with Gasteiger partial charge in [0.05, 0.1) is 40.5 Å². The van der Waals surface area contributed by atoms with Gasteiger partial charge >= 0.3 is 5.97 Å². The molecule has 1 atom stereocenters. The van der Waals surface area contributed by atoms with Crippen molar-refractivity contribution in [2.24, 2.45) is 4.99 Å². The van der Waals surface area contributed by atoms with Gasteiger partial charge in [0, 0.05) is 15.6 Å². The fraction of sp³-hybridized carbons (Fsp3) is 0.167. The fourth-order valence-electron chi connectivity index (χ4n) is 4.55. The first kappa shape index (κ1) is 29.1. The third-order valence-corrected chi connectivity index (χ3v) is 8.64. The van der Waals surface area contributed by atoms with Crippen LogP contribution in [0.2, 0.25) is 10.0 Å². The van der Waals surface area contributed by atoms with Crippen LogP contribution in [-0.4, -0.2) is 24.8 Å². The molecule has 4 aromatic rings. The van der Waals surface area contributed by atoms with Crippen molar-refractivity contribution in [2.45, 2.75) is 19.6 Å². The van der Waals surface area contributed by atoms with Gasteiger partial charge in [-0.1, -0.05) is 70.9 Å². The van der Waals surface area contributed by atoms with Crippen molar-refractivity contribution < 1.29 is 19.0 Å². The van der Waals surface area contributed by atoms with E-state index in [0.717, 1.165) is 11.1 Å². The molecule has 0 saturated carbocycles. The number of halogens is 3. The molecule has 7 nitrogen and oxygen atoms in total. The molecule has 5 rings (SSSR count). The molecule has 1 aromatic heterocycles. The van der Waals surface area contributed by atoms with Gasteiger partial charge in [0.15, 0.2) is 16.3 Å². The number of fused-ring (bicyclic) bond motifs is 1. The molecular formula is C30H23BrCl2N2O5S. The Bertz CT molecular complexity index is 1870. The van der Waals surface area contributed by atoms with E-state index < -0.39 is 12.0 Å². The van der Waals surface area contributed by atoms with Gasteiger partial charge in [-0.3, -0.25) is 9.36 Å². The second-order valence-corrected chi connectivity index (χ2v) is 11.7. The summed E-state index contributed by atoms with van der Waals surface area (Å²) >= 11 is 17.1. The van der Waals surface area contributed by atoms with Gasteiger partial charge in [0.25, 0.3) is 5.56 Å². The molecule has 0 radical (unpaired) electrons. The maximum Gasteiger partial charge on any atom is 0.338 e. The van der Waals surface area contributed by atoms with Crippen molar-refractivity contribution >= 4 is 62.5 Å². The smallest absolute Gasteiger partial charge is 0.338 e. The van der Waals surface area contributed by atoms with Crippen LogP contribution in [0.15, 0.2) is 86.2 Å². The highest BCUT2D eigenvalue weighted by atomic mass is 79.9. The average molecular weight is 674 g/mol. The highest BCUT2D eigenvalue weighted by Gasteiger charge is 2.33. The third kappa shape index (κ3) is 5.85. The van der Waals surface area contributed by atoms with Gasteiger partial charge < -0.3 is 14.2 Å². The lowest BCUT2D eigenvalue weighted by atomic mass is 9.96. The number of carbonyl (C=O) groups is 1. The molecule has 3 aromatic carbocycles. The lowest BCUT2D eigenvalue weighted by molar-refractivity contribution is -0.136. The molecule has 0 bridgehead atoms. The highest BCUT2D eigenvalue weighted by Crippen LogP contribution is 2.38. The van der Waals surface area contributed by atoms with E-state index >= 15 is 0 Å². The molecule has 210 valence electrons. The van der Waals surface area contributed by atoms with E-state index in [1.54, 1.807) is 48.9 Å². The summed E-state index contributed by atoms with van der Waals surface area (Å²) in [6.45, 7) is 1.95. The highest BCUT2D eigenvalue weighted by molar-refractivity contribution is 9.10. The maximum atomic E-state index is 13.8. The topological polar surface area (TPSA) is 79.1 Å². The maximum absolute atomic E-state index is 13.8. The first-order chi connectivity index (χ1) is 19.7. The van der Waals surface area contributed by atoms with E-state index in [1.165, 1.54) is 18.4 Å². The molecule has 0 aliphatic carbocycles. The van der Waals surface area contributed by atoms with Crippen LogP contribution in [0, 0.1) is 0 Å². The first-order valence-electron chi connectivity index (χ1n) is 12.3. The molecule has 0 amide bonds. The van der Waals surface area contributed by atoms with Gasteiger partial charge in [-0.15, -0.1) is 0 Å². The zero-order valence-corrected chi connectivity index (χ0v) is 26.0. The summed E-state index contributed by atoms with van der Waals surface area (Å²) in [7, 11) is 2.86. The summed E-state index contributed by atoms with van der Waals surface area (Å²) in [5, 5.41) is 1.04. The molecule has 0 unspecified atom stereocenters. The summed E-state index contributed by atoms with van der Waals surface area (Å²) in [6.07, 6.45) is 1.76. The Morgan fingerprint density at radius 3 is 2.56 bits per heavy atom. The number of nitrogens with zero attached hydrogens (tertiary/aromatic N) is 2. The van der Waals surface area contributed by atoms with Crippen molar-refractivity contribution in [3.05, 3.63) is 123 Å². The van der Waals surface area contributed by atoms with Gasteiger partial charge in [0.2, 0.25) is 0 Å². The van der Waals surface area contributed by atoms with Gasteiger partial charge in [-0.2, -0.15) is 0 Å². The number of hydrogen-bond donors (Lipinski definition) is 0. The molecular weight excluding hydrogens is 651 g/mol. The Morgan fingerprint density at radius 2 is 1.88 bits per heavy atom. The largest absolute Gasteiger partial charge is 0.493 e. The summed E-state index contributed by atoms with van der Waals surface area (Å²) < 4.78 is 19.3. The average Bonchev–Trinajstić information content (AvgIpc) is 3.26. The second kappa shape index (κ2) is 12.2. The number of thiazole rings is 1. The Labute approximate surface area is 258 Å². The number of esters is 1. The van der Waals surface area contributed by atoms with E-state index in [9.17, 15) is 9.59 Å².